The number of ether oxygens (including phenoxy) is 7. The molecule has 0 aliphatic carbocycles. The van der Waals surface area contributed by atoms with E-state index >= 15 is 0 Å². The maximum atomic E-state index is 13.2. The molecule has 0 spiro atoms. The third kappa shape index (κ3) is 9.73. The zero-order chi connectivity index (χ0) is 28.1. The maximum absolute atomic E-state index is 13.2. The highest BCUT2D eigenvalue weighted by molar-refractivity contribution is 5.98. The van der Waals surface area contributed by atoms with Gasteiger partial charge in [-0.2, -0.15) is 0 Å². The van der Waals surface area contributed by atoms with Gasteiger partial charge in [-0.1, -0.05) is 27.2 Å². The lowest BCUT2D eigenvalue weighted by molar-refractivity contribution is -0.169. The van der Waals surface area contributed by atoms with E-state index in [0.29, 0.717) is 13.2 Å². The predicted octanol–water partition coefficient (Wildman–Crippen LogP) is 2.28. The first-order valence-electron chi connectivity index (χ1n) is 12.8. The predicted molar refractivity (Wildman–Crippen MR) is 135 cm³/mol. The SMILES string of the molecule is CCCCOC1COCC(NC(=O)c2nccc(OC)c2OCOC(C)=O)C(=O)OC(C)C1OCC(C)C. The minimum atomic E-state index is -1.14. The van der Waals surface area contributed by atoms with Gasteiger partial charge < -0.3 is 38.5 Å². The molecule has 12 heteroatoms. The van der Waals surface area contributed by atoms with Crippen molar-refractivity contribution in [2.45, 2.75) is 71.8 Å². The van der Waals surface area contributed by atoms with Crippen LogP contribution in [0.15, 0.2) is 12.3 Å². The lowest BCUT2D eigenvalue weighted by Gasteiger charge is -2.31. The molecule has 2 heterocycles. The second kappa shape index (κ2) is 16.1. The Labute approximate surface area is 223 Å². The van der Waals surface area contributed by atoms with Crippen LogP contribution in [0, 0.1) is 5.92 Å². The van der Waals surface area contributed by atoms with Crippen molar-refractivity contribution in [2.24, 2.45) is 5.92 Å². The van der Waals surface area contributed by atoms with Gasteiger partial charge in [0, 0.05) is 32.4 Å². The number of aromatic nitrogens is 1. The number of methoxy groups -OCH3 is 1. The molecule has 0 radical (unpaired) electrons. The molecule has 12 nitrogen and oxygen atoms in total. The molecule has 214 valence electrons. The van der Waals surface area contributed by atoms with Crippen LogP contribution in [-0.2, 0) is 33.3 Å². The van der Waals surface area contributed by atoms with E-state index in [9.17, 15) is 14.4 Å². The molecule has 1 aliphatic heterocycles. The first-order chi connectivity index (χ1) is 18.2. The van der Waals surface area contributed by atoms with Crippen LogP contribution in [0.5, 0.6) is 11.5 Å². The highest BCUT2D eigenvalue weighted by Gasteiger charge is 2.36. The van der Waals surface area contributed by atoms with Gasteiger partial charge in [-0.3, -0.25) is 9.59 Å². The van der Waals surface area contributed by atoms with Crippen LogP contribution in [0.1, 0.15) is 57.9 Å². The largest absolute Gasteiger partial charge is 0.493 e. The Morgan fingerprint density at radius 1 is 1.24 bits per heavy atom. The van der Waals surface area contributed by atoms with Gasteiger partial charge in [0.1, 0.15) is 18.3 Å². The molecular weight excluding hydrogens is 500 g/mol. The average Bonchev–Trinajstić information content (AvgIpc) is 2.91. The summed E-state index contributed by atoms with van der Waals surface area (Å²) in [6.07, 6.45) is 1.52. The van der Waals surface area contributed by atoms with E-state index in [-0.39, 0.29) is 36.3 Å². The van der Waals surface area contributed by atoms with Crippen molar-refractivity contribution in [1.29, 1.82) is 0 Å². The molecule has 38 heavy (non-hydrogen) atoms. The summed E-state index contributed by atoms with van der Waals surface area (Å²) in [5.74, 6) is -1.58. The first-order valence-corrected chi connectivity index (χ1v) is 12.8. The van der Waals surface area contributed by atoms with Crippen LogP contribution >= 0.6 is 0 Å². The van der Waals surface area contributed by atoms with Gasteiger partial charge in [-0.05, 0) is 19.3 Å². The number of cyclic esters (lactones) is 1. The van der Waals surface area contributed by atoms with E-state index in [2.05, 4.69) is 17.2 Å². The summed E-state index contributed by atoms with van der Waals surface area (Å²) in [4.78, 5) is 41.4. The van der Waals surface area contributed by atoms with Crippen LogP contribution in [0.4, 0.5) is 0 Å². The van der Waals surface area contributed by atoms with E-state index in [1.807, 2.05) is 13.8 Å². The smallest absolute Gasteiger partial charge is 0.331 e. The molecule has 0 bridgehead atoms. The van der Waals surface area contributed by atoms with Crippen LogP contribution in [0.3, 0.4) is 0 Å². The quantitative estimate of drug-likeness (QED) is 0.224. The van der Waals surface area contributed by atoms with Crippen molar-refractivity contribution in [3.05, 3.63) is 18.0 Å². The molecular formula is C26H40N2O10. The number of amides is 1. The third-order valence-electron chi connectivity index (χ3n) is 5.51. The van der Waals surface area contributed by atoms with Crippen LogP contribution < -0.4 is 14.8 Å². The minimum absolute atomic E-state index is 0.0500. The minimum Gasteiger partial charge on any atom is -0.493 e. The van der Waals surface area contributed by atoms with E-state index in [4.69, 9.17) is 33.2 Å². The molecule has 1 amide bonds. The molecule has 0 aromatic carbocycles. The van der Waals surface area contributed by atoms with Gasteiger partial charge in [-0.25, -0.2) is 9.78 Å². The summed E-state index contributed by atoms with van der Waals surface area (Å²) in [7, 11) is 1.39. The van der Waals surface area contributed by atoms with Crippen LogP contribution in [-0.4, -0.2) is 87.5 Å². The Morgan fingerprint density at radius 3 is 2.66 bits per heavy atom. The van der Waals surface area contributed by atoms with Crippen molar-refractivity contribution < 1.29 is 47.5 Å². The number of nitrogens with zero attached hydrogens (tertiary/aromatic N) is 1. The standard InChI is InChI=1S/C26H40N2O10/c1-7-8-11-34-21-14-33-13-19(26(31)38-17(4)23(21)35-12-16(2)3)28-25(30)22-24(37-15-36-18(5)29)20(32-6)9-10-27-22/h9-10,16-17,19,21,23H,7-8,11-15H2,1-6H3,(H,28,30). The number of rotatable bonds is 13. The highest BCUT2D eigenvalue weighted by Crippen LogP contribution is 2.29. The number of hydrogen-bond donors (Lipinski definition) is 1. The lowest BCUT2D eigenvalue weighted by atomic mass is 10.1. The van der Waals surface area contributed by atoms with Crippen molar-refractivity contribution in [2.75, 3.05) is 40.3 Å². The molecule has 1 aromatic rings. The summed E-state index contributed by atoms with van der Waals surface area (Å²) in [5.41, 5.74) is -0.170. The van der Waals surface area contributed by atoms with Gasteiger partial charge >= 0.3 is 11.9 Å². The Kier molecular flexibility index (Phi) is 13.2. The van der Waals surface area contributed by atoms with Crippen LogP contribution in [0.2, 0.25) is 0 Å². The number of nitrogens with one attached hydrogen (secondary N) is 1. The van der Waals surface area contributed by atoms with Gasteiger partial charge in [-0.15, -0.1) is 0 Å². The Bertz CT molecular complexity index is 910. The number of esters is 2. The normalized spacial score (nSPS) is 22.0. The first kappa shape index (κ1) is 31.3. The molecule has 1 aromatic heterocycles. The summed E-state index contributed by atoms with van der Waals surface area (Å²) in [6, 6.07) is 0.342. The molecule has 1 N–H and O–H groups in total. The molecule has 1 fully saturated rings. The molecule has 0 saturated carbocycles. The Hall–Kier alpha value is -2.96. The number of carbonyl (C=O) groups excluding carboxylic acids is 3. The van der Waals surface area contributed by atoms with Crippen molar-refractivity contribution in [3.8, 4) is 11.5 Å². The summed E-state index contributed by atoms with van der Waals surface area (Å²) < 4.78 is 39.1. The average molecular weight is 541 g/mol. The Balaban J connectivity index is 2.20. The number of unbranched alkanes of at least 4 members (excludes halogenated alkanes) is 1. The molecule has 1 aliphatic rings. The van der Waals surface area contributed by atoms with E-state index in [1.54, 1.807) is 6.92 Å². The van der Waals surface area contributed by atoms with Gasteiger partial charge in [0.05, 0.1) is 20.3 Å². The molecule has 4 atom stereocenters. The van der Waals surface area contributed by atoms with E-state index in [0.717, 1.165) is 12.8 Å². The van der Waals surface area contributed by atoms with Crippen molar-refractivity contribution >= 4 is 17.8 Å². The molecule has 1 saturated heterocycles. The molecule has 2 rings (SSSR count). The van der Waals surface area contributed by atoms with Gasteiger partial charge in [0.15, 0.2) is 23.2 Å². The zero-order valence-electron chi connectivity index (χ0n) is 23.0. The monoisotopic (exact) mass is 540 g/mol. The topological polar surface area (TPSA) is 141 Å². The fraction of sp³-hybridized carbons (Fsp3) is 0.692. The fourth-order valence-electron chi connectivity index (χ4n) is 3.56. The van der Waals surface area contributed by atoms with E-state index in [1.165, 1.54) is 26.3 Å². The van der Waals surface area contributed by atoms with Gasteiger partial charge in [0.25, 0.3) is 5.91 Å². The number of hydrogen-bond acceptors (Lipinski definition) is 11. The van der Waals surface area contributed by atoms with Crippen molar-refractivity contribution in [1.82, 2.24) is 10.3 Å². The number of carbonyl (C=O) groups is 3. The Morgan fingerprint density at radius 2 is 2.00 bits per heavy atom. The maximum Gasteiger partial charge on any atom is 0.331 e. The van der Waals surface area contributed by atoms with Crippen molar-refractivity contribution in [3.63, 3.8) is 0 Å². The second-order valence-electron chi connectivity index (χ2n) is 9.25. The number of pyridine rings is 1. The van der Waals surface area contributed by atoms with E-state index < -0.39 is 49.0 Å². The summed E-state index contributed by atoms with van der Waals surface area (Å²) >= 11 is 0. The zero-order valence-corrected chi connectivity index (χ0v) is 23.0. The summed E-state index contributed by atoms with van der Waals surface area (Å²) in [5, 5.41) is 2.60. The highest BCUT2D eigenvalue weighted by atomic mass is 16.7. The van der Waals surface area contributed by atoms with Crippen LogP contribution in [0.25, 0.3) is 0 Å². The third-order valence-corrected chi connectivity index (χ3v) is 5.51. The molecule has 4 unspecified atom stereocenters. The summed E-state index contributed by atoms with van der Waals surface area (Å²) in [6.45, 7) is 9.58. The fourth-order valence-corrected chi connectivity index (χ4v) is 3.56. The second-order valence-corrected chi connectivity index (χ2v) is 9.25. The lowest BCUT2D eigenvalue weighted by Crippen LogP contribution is -2.47. The van der Waals surface area contributed by atoms with Gasteiger partial charge in [0.2, 0.25) is 6.79 Å².